The monoisotopic (exact) mass is 217 g/mol. The fourth-order valence-electron chi connectivity index (χ4n) is 1.87. The lowest BCUT2D eigenvalue weighted by molar-refractivity contribution is -0.127. The number of rotatable bonds is 1. The van der Waals surface area contributed by atoms with Crippen molar-refractivity contribution in [2.75, 3.05) is 18.6 Å². The maximum atomic E-state index is 11.3. The average molecular weight is 217 g/mol. The van der Waals surface area contributed by atoms with Crippen molar-refractivity contribution in [3.63, 3.8) is 0 Å². The van der Waals surface area contributed by atoms with E-state index in [1.54, 1.807) is 0 Å². The molecule has 0 aromatic rings. The summed E-state index contributed by atoms with van der Waals surface area (Å²) >= 11 is 4.07. The van der Waals surface area contributed by atoms with Gasteiger partial charge in [-0.25, -0.2) is 0 Å². The minimum Gasteiger partial charge on any atom is -0.341 e. The first-order chi connectivity index (χ1) is 6.29. The van der Waals surface area contributed by atoms with E-state index in [1.807, 2.05) is 35.5 Å². The highest BCUT2D eigenvalue weighted by Crippen LogP contribution is 2.38. The van der Waals surface area contributed by atoms with E-state index in [-0.39, 0.29) is 0 Å². The number of thioether (sulfide) groups is 2. The molecule has 4 heteroatoms. The van der Waals surface area contributed by atoms with Gasteiger partial charge in [0.25, 0.3) is 0 Å². The highest BCUT2D eigenvalue weighted by atomic mass is 32.2. The second kappa shape index (κ2) is 4.13. The van der Waals surface area contributed by atoms with Gasteiger partial charge in [-0.1, -0.05) is 0 Å². The summed E-state index contributed by atoms with van der Waals surface area (Å²) in [6, 6.07) is 0.503. The predicted molar refractivity (Wildman–Crippen MR) is 59.1 cm³/mol. The summed E-state index contributed by atoms with van der Waals surface area (Å²) in [4.78, 5) is 13.3. The van der Waals surface area contributed by atoms with Crippen molar-refractivity contribution in [2.45, 2.75) is 29.9 Å². The minimum absolute atomic E-state index is 0.330. The molecule has 0 saturated carbocycles. The van der Waals surface area contributed by atoms with Crippen LogP contribution in [-0.2, 0) is 4.79 Å². The summed E-state index contributed by atoms with van der Waals surface area (Å²) in [6.07, 6.45) is 3.16. The molecule has 1 amide bonds. The second-order valence-corrected chi connectivity index (χ2v) is 6.37. The fraction of sp³-hybridized carbons (Fsp3) is 0.889. The number of nitrogens with zero attached hydrogens (tertiary/aromatic N) is 1. The van der Waals surface area contributed by atoms with E-state index in [4.69, 9.17) is 0 Å². The molecule has 0 aliphatic carbocycles. The van der Waals surface area contributed by atoms with E-state index in [2.05, 4.69) is 0 Å². The number of hydrogen-bond acceptors (Lipinski definition) is 3. The van der Waals surface area contributed by atoms with Crippen LogP contribution in [0.15, 0.2) is 0 Å². The van der Waals surface area contributed by atoms with Crippen molar-refractivity contribution >= 4 is 29.4 Å². The number of carbonyl (C=O) groups excluding carboxylic acids is 1. The Morgan fingerprint density at radius 2 is 2.08 bits per heavy atom. The van der Waals surface area contributed by atoms with Crippen molar-refractivity contribution in [3.05, 3.63) is 0 Å². The Kier molecular flexibility index (Phi) is 3.09. The molecule has 13 heavy (non-hydrogen) atoms. The standard InChI is InChI=1S/C9H15NOS2/c1-10-7(3-4-8(10)11)9-12-5-2-6-13-9/h7,9H,2-6H2,1H3. The smallest absolute Gasteiger partial charge is 0.222 e. The SMILES string of the molecule is CN1C(=O)CCC1C1SCCCS1. The van der Waals surface area contributed by atoms with Crippen LogP contribution in [0.4, 0.5) is 0 Å². The van der Waals surface area contributed by atoms with Gasteiger partial charge in [-0.05, 0) is 24.3 Å². The van der Waals surface area contributed by atoms with Gasteiger partial charge in [0.2, 0.25) is 5.91 Å². The van der Waals surface area contributed by atoms with Crippen LogP contribution in [0.2, 0.25) is 0 Å². The number of hydrogen-bond donors (Lipinski definition) is 0. The molecule has 0 bridgehead atoms. The third-order valence-corrected chi connectivity index (χ3v) is 5.86. The molecule has 0 spiro atoms. The van der Waals surface area contributed by atoms with Crippen molar-refractivity contribution in [3.8, 4) is 0 Å². The summed E-state index contributed by atoms with van der Waals surface area (Å²) < 4.78 is 0.644. The predicted octanol–water partition coefficient (Wildman–Crippen LogP) is 1.80. The molecular formula is C9H15NOS2. The molecule has 2 heterocycles. The van der Waals surface area contributed by atoms with E-state index in [9.17, 15) is 4.79 Å². The molecule has 0 radical (unpaired) electrons. The molecule has 2 rings (SSSR count). The zero-order chi connectivity index (χ0) is 9.26. The second-order valence-electron chi connectivity index (χ2n) is 3.57. The lowest BCUT2D eigenvalue weighted by Gasteiger charge is -2.30. The van der Waals surface area contributed by atoms with Crippen molar-refractivity contribution < 1.29 is 4.79 Å². The maximum Gasteiger partial charge on any atom is 0.222 e. The maximum absolute atomic E-state index is 11.3. The van der Waals surface area contributed by atoms with Crippen LogP contribution in [-0.4, -0.2) is 40.0 Å². The molecular weight excluding hydrogens is 202 g/mol. The molecule has 0 aromatic heterocycles. The van der Waals surface area contributed by atoms with Gasteiger partial charge < -0.3 is 4.90 Å². The van der Waals surface area contributed by atoms with Crippen LogP contribution in [0.3, 0.4) is 0 Å². The molecule has 2 aliphatic rings. The lowest BCUT2D eigenvalue weighted by Crippen LogP contribution is -2.36. The van der Waals surface area contributed by atoms with E-state index in [0.717, 1.165) is 12.8 Å². The third-order valence-electron chi connectivity index (χ3n) is 2.71. The number of likely N-dealkylation sites (tertiary alicyclic amines) is 1. The van der Waals surface area contributed by atoms with Gasteiger partial charge in [-0.15, -0.1) is 23.5 Å². The lowest BCUT2D eigenvalue weighted by atomic mass is 10.2. The van der Waals surface area contributed by atoms with E-state index in [0.29, 0.717) is 16.5 Å². The Hall–Kier alpha value is 0.170. The Morgan fingerprint density at radius 1 is 1.38 bits per heavy atom. The molecule has 2 nitrogen and oxygen atoms in total. The fourth-order valence-corrected chi connectivity index (χ4v) is 5.19. The highest BCUT2D eigenvalue weighted by Gasteiger charge is 2.35. The van der Waals surface area contributed by atoms with Crippen molar-refractivity contribution in [1.82, 2.24) is 4.90 Å². The zero-order valence-corrected chi connectivity index (χ0v) is 9.50. The van der Waals surface area contributed by atoms with Gasteiger partial charge in [0.1, 0.15) is 0 Å². The zero-order valence-electron chi connectivity index (χ0n) is 7.86. The van der Waals surface area contributed by atoms with Gasteiger partial charge in [0.15, 0.2) is 0 Å². The quantitative estimate of drug-likeness (QED) is 0.668. The number of carbonyl (C=O) groups is 1. The molecule has 0 N–H and O–H groups in total. The van der Waals surface area contributed by atoms with Crippen LogP contribution in [0.5, 0.6) is 0 Å². The Balaban J connectivity index is 1.95. The van der Waals surface area contributed by atoms with Crippen LogP contribution in [0.25, 0.3) is 0 Å². The van der Waals surface area contributed by atoms with Gasteiger partial charge in [0.05, 0.1) is 10.6 Å². The normalized spacial score (nSPS) is 31.3. The molecule has 1 unspecified atom stereocenters. The third kappa shape index (κ3) is 1.99. The molecule has 74 valence electrons. The Morgan fingerprint density at radius 3 is 2.62 bits per heavy atom. The molecule has 0 aromatic carbocycles. The van der Waals surface area contributed by atoms with E-state index >= 15 is 0 Å². The summed E-state index contributed by atoms with van der Waals surface area (Å²) in [7, 11) is 1.95. The summed E-state index contributed by atoms with van der Waals surface area (Å²) in [6.45, 7) is 0. The van der Waals surface area contributed by atoms with Gasteiger partial charge in [-0.2, -0.15) is 0 Å². The Bertz CT molecular complexity index is 204. The summed E-state index contributed by atoms with van der Waals surface area (Å²) in [5, 5.41) is 0. The molecule has 2 aliphatic heterocycles. The van der Waals surface area contributed by atoms with Gasteiger partial charge in [0, 0.05) is 13.5 Å². The summed E-state index contributed by atoms with van der Waals surface area (Å²) in [5.41, 5.74) is 0. The minimum atomic E-state index is 0.330. The first kappa shape index (κ1) is 9.71. The first-order valence-corrected chi connectivity index (χ1v) is 6.87. The van der Waals surface area contributed by atoms with E-state index < -0.39 is 0 Å². The van der Waals surface area contributed by atoms with Crippen LogP contribution >= 0.6 is 23.5 Å². The average Bonchev–Trinajstić information content (AvgIpc) is 2.49. The van der Waals surface area contributed by atoms with Crippen LogP contribution < -0.4 is 0 Å². The summed E-state index contributed by atoms with van der Waals surface area (Å²) in [5.74, 6) is 2.88. The largest absolute Gasteiger partial charge is 0.341 e. The van der Waals surface area contributed by atoms with E-state index in [1.165, 1.54) is 17.9 Å². The number of amides is 1. The van der Waals surface area contributed by atoms with Crippen molar-refractivity contribution in [1.29, 1.82) is 0 Å². The Labute approximate surface area is 87.8 Å². The highest BCUT2D eigenvalue weighted by molar-refractivity contribution is 8.17. The van der Waals surface area contributed by atoms with Crippen LogP contribution in [0.1, 0.15) is 19.3 Å². The van der Waals surface area contributed by atoms with Crippen LogP contribution in [0, 0.1) is 0 Å². The molecule has 1 atom stereocenters. The van der Waals surface area contributed by atoms with Gasteiger partial charge >= 0.3 is 0 Å². The first-order valence-electron chi connectivity index (χ1n) is 4.78. The van der Waals surface area contributed by atoms with Gasteiger partial charge in [-0.3, -0.25) is 4.79 Å². The molecule has 2 saturated heterocycles. The molecule has 2 fully saturated rings. The van der Waals surface area contributed by atoms with Crippen molar-refractivity contribution in [2.24, 2.45) is 0 Å². The topological polar surface area (TPSA) is 20.3 Å².